The molecule has 3 heteroatoms. The Morgan fingerprint density at radius 2 is 2.31 bits per heavy atom. The first-order chi connectivity index (χ1) is 7.69. The van der Waals surface area contributed by atoms with Crippen LogP contribution < -0.4 is 10.1 Å². The van der Waals surface area contributed by atoms with Crippen molar-refractivity contribution in [1.29, 1.82) is 0 Å². The summed E-state index contributed by atoms with van der Waals surface area (Å²) in [7, 11) is 1.46. The molecule has 0 saturated carbocycles. The normalized spacial score (nSPS) is 11.9. The highest BCUT2D eigenvalue weighted by molar-refractivity contribution is 5.31. The van der Waals surface area contributed by atoms with Crippen LogP contribution >= 0.6 is 0 Å². The van der Waals surface area contributed by atoms with Crippen LogP contribution in [0.1, 0.15) is 24.9 Å². The Kier molecular flexibility index (Phi) is 4.81. The van der Waals surface area contributed by atoms with Crippen LogP contribution in [0, 0.1) is 18.2 Å². The van der Waals surface area contributed by atoms with E-state index >= 15 is 0 Å². The molecular weight excluding hydrogens is 205 g/mol. The molecule has 2 nitrogen and oxygen atoms in total. The molecule has 0 spiro atoms. The van der Waals surface area contributed by atoms with Crippen LogP contribution in [0.2, 0.25) is 0 Å². The van der Waals surface area contributed by atoms with Crippen LogP contribution in [0.3, 0.4) is 0 Å². The third-order valence-electron chi connectivity index (χ3n) is 2.40. The minimum absolute atomic E-state index is 0.128. The van der Waals surface area contributed by atoms with Gasteiger partial charge in [-0.1, -0.05) is 6.07 Å². The predicted molar refractivity (Wildman–Crippen MR) is 62.8 cm³/mol. The van der Waals surface area contributed by atoms with Gasteiger partial charge in [-0.3, -0.25) is 0 Å². The molecule has 1 aromatic rings. The summed E-state index contributed by atoms with van der Waals surface area (Å²) < 4.78 is 18.1. The van der Waals surface area contributed by atoms with Crippen LogP contribution in [0.25, 0.3) is 0 Å². The van der Waals surface area contributed by atoms with E-state index in [0.29, 0.717) is 6.42 Å². The molecule has 0 aliphatic carbocycles. The molecule has 0 saturated heterocycles. The van der Waals surface area contributed by atoms with Gasteiger partial charge in [0.05, 0.1) is 7.11 Å². The second-order valence-electron chi connectivity index (χ2n) is 3.52. The maximum Gasteiger partial charge on any atom is 0.165 e. The number of ether oxygens (including phenoxy) is 1. The van der Waals surface area contributed by atoms with E-state index in [2.05, 4.69) is 11.2 Å². The second-order valence-corrected chi connectivity index (χ2v) is 3.52. The molecule has 0 aliphatic rings. The zero-order valence-corrected chi connectivity index (χ0v) is 9.59. The van der Waals surface area contributed by atoms with Crippen molar-refractivity contribution in [3.8, 4) is 18.1 Å². The summed E-state index contributed by atoms with van der Waals surface area (Å²) in [4.78, 5) is 0. The molecule has 1 aromatic carbocycles. The molecule has 0 aromatic heterocycles. The zero-order chi connectivity index (χ0) is 12.0. The molecule has 86 valence electrons. The van der Waals surface area contributed by atoms with E-state index in [1.807, 2.05) is 6.92 Å². The Morgan fingerprint density at radius 3 is 2.94 bits per heavy atom. The van der Waals surface area contributed by atoms with Gasteiger partial charge in [0, 0.05) is 19.0 Å². The molecule has 16 heavy (non-hydrogen) atoms. The Hall–Kier alpha value is -1.53. The topological polar surface area (TPSA) is 21.3 Å². The van der Waals surface area contributed by atoms with Crippen molar-refractivity contribution in [2.75, 3.05) is 13.7 Å². The van der Waals surface area contributed by atoms with Crippen LogP contribution in [0.15, 0.2) is 18.2 Å². The Bertz CT molecular complexity index is 384. The number of hydrogen-bond donors (Lipinski definition) is 1. The third kappa shape index (κ3) is 3.25. The van der Waals surface area contributed by atoms with Gasteiger partial charge in [-0.25, -0.2) is 4.39 Å². The van der Waals surface area contributed by atoms with E-state index in [1.54, 1.807) is 12.1 Å². The fourth-order valence-corrected chi connectivity index (χ4v) is 1.42. The van der Waals surface area contributed by atoms with Gasteiger partial charge in [0.25, 0.3) is 0 Å². The fourth-order valence-electron chi connectivity index (χ4n) is 1.42. The van der Waals surface area contributed by atoms with Crippen molar-refractivity contribution in [2.45, 2.75) is 19.4 Å². The van der Waals surface area contributed by atoms with Crippen molar-refractivity contribution < 1.29 is 9.13 Å². The van der Waals surface area contributed by atoms with E-state index in [0.717, 1.165) is 12.1 Å². The average Bonchev–Trinajstić information content (AvgIpc) is 2.30. The SMILES string of the molecule is C#CCCNC(C)c1ccc(F)c(OC)c1. The Balaban J connectivity index is 2.69. The monoisotopic (exact) mass is 221 g/mol. The lowest BCUT2D eigenvalue weighted by Gasteiger charge is -2.14. The molecule has 0 heterocycles. The molecule has 0 amide bonds. The lowest BCUT2D eigenvalue weighted by atomic mass is 10.1. The van der Waals surface area contributed by atoms with Crippen molar-refractivity contribution in [3.05, 3.63) is 29.6 Å². The molecule has 0 fully saturated rings. The standard InChI is InChI=1S/C13H16FNO/c1-4-5-8-15-10(2)11-6-7-12(14)13(9-11)16-3/h1,6-7,9-10,15H,5,8H2,2-3H3. The van der Waals surface area contributed by atoms with E-state index in [9.17, 15) is 4.39 Å². The summed E-state index contributed by atoms with van der Waals surface area (Å²) >= 11 is 0. The first kappa shape index (κ1) is 12.5. The first-order valence-corrected chi connectivity index (χ1v) is 5.19. The summed E-state index contributed by atoms with van der Waals surface area (Å²) in [5.74, 6) is 2.48. The Labute approximate surface area is 95.8 Å². The molecule has 1 unspecified atom stereocenters. The van der Waals surface area contributed by atoms with E-state index in [4.69, 9.17) is 11.2 Å². The van der Waals surface area contributed by atoms with Crippen LogP contribution in [0.5, 0.6) is 5.75 Å². The second kappa shape index (κ2) is 6.14. The van der Waals surface area contributed by atoms with E-state index in [1.165, 1.54) is 13.2 Å². The molecule has 0 aliphatic heterocycles. The maximum absolute atomic E-state index is 13.2. The first-order valence-electron chi connectivity index (χ1n) is 5.19. The quantitative estimate of drug-likeness (QED) is 0.609. The van der Waals surface area contributed by atoms with E-state index in [-0.39, 0.29) is 17.6 Å². The number of terminal acetylenes is 1. The van der Waals surface area contributed by atoms with Gasteiger partial charge in [-0.2, -0.15) is 0 Å². The van der Waals surface area contributed by atoms with Crippen molar-refractivity contribution in [3.63, 3.8) is 0 Å². The third-order valence-corrected chi connectivity index (χ3v) is 2.40. The highest BCUT2D eigenvalue weighted by Gasteiger charge is 2.08. The minimum atomic E-state index is -0.345. The molecule has 1 rings (SSSR count). The maximum atomic E-state index is 13.2. The molecule has 0 bridgehead atoms. The van der Waals surface area contributed by atoms with Crippen molar-refractivity contribution in [1.82, 2.24) is 5.32 Å². The van der Waals surface area contributed by atoms with Gasteiger partial charge in [-0.05, 0) is 24.6 Å². The number of nitrogens with one attached hydrogen (secondary N) is 1. The number of methoxy groups -OCH3 is 1. The minimum Gasteiger partial charge on any atom is -0.494 e. The van der Waals surface area contributed by atoms with Gasteiger partial charge in [0.1, 0.15) is 0 Å². The number of benzene rings is 1. The Morgan fingerprint density at radius 1 is 1.56 bits per heavy atom. The lowest BCUT2D eigenvalue weighted by Crippen LogP contribution is -2.19. The smallest absolute Gasteiger partial charge is 0.165 e. The summed E-state index contributed by atoms with van der Waals surface area (Å²) in [6, 6.07) is 4.98. The summed E-state index contributed by atoms with van der Waals surface area (Å²) in [6.07, 6.45) is 5.84. The van der Waals surface area contributed by atoms with Gasteiger partial charge < -0.3 is 10.1 Å². The predicted octanol–water partition coefficient (Wildman–Crippen LogP) is 2.51. The molecule has 0 radical (unpaired) electrons. The lowest BCUT2D eigenvalue weighted by molar-refractivity contribution is 0.385. The number of halogens is 1. The molecular formula is C13H16FNO. The van der Waals surface area contributed by atoms with Crippen molar-refractivity contribution >= 4 is 0 Å². The van der Waals surface area contributed by atoms with Crippen LogP contribution in [-0.2, 0) is 0 Å². The largest absolute Gasteiger partial charge is 0.494 e. The zero-order valence-electron chi connectivity index (χ0n) is 9.59. The fraction of sp³-hybridized carbons (Fsp3) is 0.385. The average molecular weight is 221 g/mol. The van der Waals surface area contributed by atoms with Crippen LogP contribution in [0.4, 0.5) is 4.39 Å². The number of rotatable bonds is 5. The molecule has 1 atom stereocenters. The highest BCUT2D eigenvalue weighted by Crippen LogP contribution is 2.22. The summed E-state index contributed by atoms with van der Waals surface area (Å²) in [5.41, 5.74) is 0.982. The van der Waals surface area contributed by atoms with Gasteiger partial charge in [0.2, 0.25) is 0 Å². The highest BCUT2D eigenvalue weighted by atomic mass is 19.1. The van der Waals surface area contributed by atoms with Crippen molar-refractivity contribution in [2.24, 2.45) is 0 Å². The van der Waals surface area contributed by atoms with Gasteiger partial charge in [0.15, 0.2) is 11.6 Å². The van der Waals surface area contributed by atoms with Gasteiger partial charge >= 0.3 is 0 Å². The summed E-state index contributed by atoms with van der Waals surface area (Å²) in [6.45, 7) is 2.75. The summed E-state index contributed by atoms with van der Waals surface area (Å²) in [5, 5.41) is 3.25. The number of hydrogen-bond acceptors (Lipinski definition) is 2. The molecule has 1 N–H and O–H groups in total. The van der Waals surface area contributed by atoms with Gasteiger partial charge in [-0.15, -0.1) is 12.3 Å². The van der Waals surface area contributed by atoms with E-state index < -0.39 is 0 Å². The van der Waals surface area contributed by atoms with Crippen LogP contribution in [-0.4, -0.2) is 13.7 Å².